The van der Waals surface area contributed by atoms with Gasteiger partial charge in [-0.05, 0) is 30.2 Å². The van der Waals surface area contributed by atoms with Crippen LogP contribution in [0.5, 0.6) is 5.75 Å². The highest BCUT2D eigenvalue weighted by atomic mass is 79.9. The Morgan fingerprint density at radius 1 is 1.28 bits per heavy atom. The molecule has 0 bridgehead atoms. The number of hydrogen-bond donors (Lipinski definition) is 0. The topological polar surface area (TPSA) is 26.3 Å². The molecule has 1 aromatic rings. The van der Waals surface area contributed by atoms with Crippen LogP contribution in [0.1, 0.15) is 44.6 Å². The molecule has 0 heterocycles. The Labute approximate surface area is 118 Å². The van der Waals surface area contributed by atoms with E-state index in [0.717, 1.165) is 28.6 Å². The molecule has 0 radical (unpaired) electrons. The molecular formula is C15H21BrO2. The van der Waals surface area contributed by atoms with Crippen LogP contribution in [0.4, 0.5) is 0 Å². The lowest BCUT2D eigenvalue weighted by Gasteiger charge is -2.07. The average molecular weight is 313 g/mol. The fourth-order valence-electron chi connectivity index (χ4n) is 1.86. The van der Waals surface area contributed by atoms with E-state index >= 15 is 0 Å². The molecule has 18 heavy (non-hydrogen) atoms. The monoisotopic (exact) mass is 312 g/mol. The van der Waals surface area contributed by atoms with Crippen molar-refractivity contribution >= 4 is 21.7 Å². The van der Waals surface area contributed by atoms with Crippen molar-refractivity contribution in [3.05, 3.63) is 28.2 Å². The number of rotatable bonds is 8. The van der Waals surface area contributed by atoms with Gasteiger partial charge in [-0.15, -0.1) is 0 Å². The zero-order chi connectivity index (χ0) is 13.4. The molecule has 0 saturated carbocycles. The lowest BCUT2D eigenvalue weighted by Crippen LogP contribution is -2.03. The van der Waals surface area contributed by atoms with Crippen molar-refractivity contribution < 1.29 is 9.53 Å². The second-order valence-corrected chi connectivity index (χ2v) is 5.34. The smallest absolute Gasteiger partial charge is 0.137 e. The lowest BCUT2D eigenvalue weighted by molar-refractivity contribution is -0.118. The van der Waals surface area contributed by atoms with Crippen LogP contribution in [-0.2, 0) is 11.2 Å². The fraction of sp³-hybridized carbons (Fsp3) is 0.533. The molecule has 3 heteroatoms. The summed E-state index contributed by atoms with van der Waals surface area (Å²) in [4.78, 5) is 11.9. The van der Waals surface area contributed by atoms with E-state index in [9.17, 15) is 4.79 Å². The maximum atomic E-state index is 11.9. The van der Waals surface area contributed by atoms with Crippen LogP contribution in [0.25, 0.3) is 0 Å². The van der Waals surface area contributed by atoms with E-state index in [4.69, 9.17) is 4.74 Å². The van der Waals surface area contributed by atoms with Gasteiger partial charge in [0, 0.05) is 17.3 Å². The largest absolute Gasteiger partial charge is 0.497 e. The number of carbonyl (C=O) groups excluding carboxylic acids is 1. The molecule has 1 aromatic carbocycles. The fourth-order valence-corrected chi connectivity index (χ4v) is 2.25. The van der Waals surface area contributed by atoms with Gasteiger partial charge in [0.2, 0.25) is 0 Å². The number of halogens is 1. The minimum Gasteiger partial charge on any atom is -0.497 e. The van der Waals surface area contributed by atoms with Gasteiger partial charge in [0.1, 0.15) is 11.5 Å². The number of methoxy groups -OCH3 is 1. The summed E-state index contributed by atoms with van der Waals surface area (Å²) in [7, 11) is 1.64. The van der Waals surface area contributed by atoms with Crippen LogP contribution in [0.3, 0.4) is 0 Å². The summed E-state index contributed by atoms with van der Waals surface area (Å²) in [6.45, 7) is 2.18. The summed E-state index contributed by atoms with van der Waals surface area (Å²) in [6, 6.07) is 5.74. The molecule has 0 fully saturated rings. The molecule has 0 spiro atoms. The number of ketones is 1. The zero-order valence-corrected chi connectivity index (χ0v) is 12.8. The maximum absolute atomic E-state index is 11.9. The van der Waals surface area contributed by atoms with E-state index < -0.39 is 0 Å². The van der Waals surface area contributed by atoms with Crippen molar-refractivity contribution in [2.24, 2.45) is 0 Å². The molecule has 0 atom stereocenters. The van der Waals surface area contributed by atoms with Gasteiger partial charge in [-0.25, -0.2) is 0 Å². The highest BCUT2D eigenvalue weighted by Gasteiger charge is 2.08. The second kappa shape index (κ2) is 8.30. The highest BCUT2D eigenvalue weighted by molar-refractivity contribution is 9.10. The van der Waals surface area contributed by atoms with Crippen molar-refractivity contribution in [1.29, 1.82) is 0 Å². The Morgan fingerprint density at radius 3 is 2.72 bits per heavy atom. The Hall–Kier alpha value is -0.830. The third kappa shape index (κ3) is 5.21. The normalized spacial score (nSPS) is 10.4. The van der Waals surface area contributed by atoms with Gasteiger partial charge in [-0.1, -0.05) is 42.1 Å². The first-order valence-electron chi connectivity index (χ1n) is 6.51. The van der Waals surface area contributed by atoms with Gasteiger partial charge in [0.05, 0.1) is 7.11 Å². The summed E-state index contributed by atoms with van der Waals surface area (Å²) >= 11 is 3.47. The van der Waals surface area contributed by atoms with Crippen molar-refractivity contribution in [3.63, 3.8) is 0 Å². The molecule has 0 aliphatic carbocycles. The van der Waals surface area contributed by atoms with Crippen molar-refractivity contribution in [1.82, 2.24) is 0 Å². The summed E-state index contributed by atoms with van der Waals surface area (Å²) < 4.78 is 6.15. The van der Waals surface area contributed by atoms with Gasteiger partial charge >= 0.3 is 0 Å². The molecule has 0 N–H and O–H groups in total. The summed E-state index contributed by atoms with van der Waals surface area (Å²) in [5.74, 6) is 1.10. The number of hydrogen-bond acceptors (Lipinski definition) is 2. The Kier molecular flexibility index (Phi) is 7.02. The van der Waals surface area contributed by atoms with E-state index in [1.165, 1.54) is 12.8 Å². The van der Waals surface area contributed by atoms with Gasteiger partial charge in [-0.2, -0.15) is 0 Å². The van der Waals surface area contributed by atoms with Crippen LogP contribution in [0, 0.1) is 0 Å². The number of unbranched alkanes of at least 4 members (excludes halogenated alkanes) is 3. The second-order valence-electron chi connectivity index (χ2n) is 4.48. The minimum atomic E-state index is 0.306. The lowest BCUT2D eigenvalue weighted by atomic mass is 10.0. The first kappa shape index (κ1) is 15.2. The van der Waals surface area contributed by atoms with E-state index in [1.54, 1.807) is 7.11 Å². The average Bonchev–Trinajstić information content (AvgIpc) is 2.37. The summed E-state index contributed by atoms with van der Waals surface area (Å²) in [6.07, 6.45) is 5.76. The third-order valence-electron chi connectivity index (χ3n) is 2.95. The number of ether oxygens (including phenoxy) is 1. The van der Waals surface area contributed by atoms with E-state index in [1.807, 2.05) is 18.2 Å². The van der Waals surface area contributed by atoms with Gasteiger partial charge in [0.15, 0.2) is 0 Å². The molecule has 0 unspecified atom stereocenters. The third-order valence-corrected chi connectivity index (χ3v) is 3.72. The van der Waals surface area contributed by atoms with Crippen LogP contribution in [0.15, 0.2) is 22.7 Å². The van der Waals surface area contributed by atoms with Crippen LogP contribution in [0.2, 0.25) is 0 Å². The molecule has 100 valence electrons. The molecular weight excluding hydrogens is 292 g/mol. The van der Waals surface area contributed by atoms with Crippen molar-refractivity contribution in [2.45, 2.75) is 45.4 Å². The first-order chi connectivity index (χ1) is 8.67. The number of Topliss-reactive ketones (excluding diaryl/α,β-unsaturated/α-hetero) is 1. The van der Waals surface area contributed by atoms with Gasteiger partial charge in [0.25, 0.3) is 0 Å². The van der Waals surface area contributed by atoms with Crippen LogP contribution >= 0.6 is 15.9 Å². The van der Waals surface area contributed by atoms with E-state index in [0.29, 0.717) is 18.6 Å². The standard InChI is InChI=1S/C15H21BrO2/c1-3-4-5-6-7-13(17)10-12-11-14(18-2)8-9-15(12)16/h8-9,11H,3-7,10H2,1-2H3. The molecule has 0 saturated heterocycles. The first-order valence-corrected chi connectivity index (χ1v) is 7.30. The summed E-state index contributed by atoms with van der Waals surface area (Å²) in [5.41, 5.74) is 1.01. The summed E-state index contributed by atoms with van der Waals surface area (Å²) in [5, 5.41) is 0. The van der Waals surface area contributed by atoms with Crippen molar-refractivity contribution in [3.8, 4) is 5.75 Å². The Morgan fingerprint density at radius 2 is 2.06 bits per heavy atom. The molecule has 0 aromatic heterocycles. The van der Waals surface area contributed by atoms with Crippen molar-refractivity contribution in [2.75, 3.05) is 7.11 Å². The number of carbonyl (C=O) groups is 1. The molecule has 0 amide bonds. The Bertz CT molecular complexity index is 388. The SMILES string of the molecule is CCCCCCC(=O)Cc1cc(OC)ccc1Br. The highest BCUT2D eigenvalue weighted by Crippen LogP contribution is 2.23. The minimum absolute atomic E-state index is 0.306. The van der Waals surface area contributed by atoms with E-state index in [2.05, 4.69) is 22.9 Å². The zero-order valence-electron chi connectivity index (χ0n) is 11.2. The number of benzene rings is 1. The van der Waals surface area contributed by atoms with Crippen LogP contribution in [-0.4, -0.2) is 12.9 Å². The predicted molar refractivity (Wildman–Crippen MR) is 78.2 cm³/mol. The Balaban J connectivity index is 2.48. The molecule has 1 rings (SSSR count). The van der Waals surface area contributed by atoms with Crippen LogP contribution < -0.4 is 4.74 Å². The van der Waals surface area contributed by atoms with Gasteiger partial charge < -0.3 is 4.74 Å². The quantitative estimate of drug-likeness (QED) is 0.659. The predicted octanol–water partition coefficient (Wildman–Crippen LogP) is 4.54. The van der Waals surface area contributed by atoms with Gasteiger partial charge in [-0.3, -0.25) is 4.79 Å². The maximum Gasteiger partial charge on any atom is 0.137 e. The molecule has 0 aliphatic rings. The molecule has 0 aliphatic heterocycles. The molecule has 2 nitrogen and oxygen atoms in total. The van der Waals surface area contributed by atoms with E-state index in [-0.39, 0.29) is 0 Å².